The molecule has 1 aliphatic carbocycles. The molecule has 0 amide bonds. The summed E-state index contributed by atoms with van der Waals surface area (Å²) in [6, 6.07) is 18.8. The summed E-state index contributed by atoms with van der Waals surface area (Å²) in [5.74, 6) is 1.86. The van der Waals surface area contributed by atoms with Gasteiger partial charge in [0.05, 0.1) is 5.52 Å². The van der Waals surface area contributed by atoms with Crippen LogP contribution in [0.15, 0.2) is 60.8 Å². The van der Waals surface area contributed by atoms with Gasteiger partial charge in [-0.05, 0) is 42.5 Å². The maximum atomic E-state index is 6.03. The summed E-state index contributed by atoms with van der Waals surface area (Å²) in [6.45, 7) is 1.76. The van der Waals surface area contributed by atoms with Crippen molar-refractivity contribution in [3.63, 3.8) is 0 Å². The molecule has 0 unspecified atom stereocenters. The van der Waals surface area contributed by atoms with Gasteiger partial charge in [-0.25, -0.2) is 0 Å². The highest BCUT2D eigenvalue weighted by Crippen LogP contribution is 2.33. The van der Waals surface area contributed by atoms with Crippen molar-refractivity contribution in [1.29, 1.82) is 0 Å². The predicted molar refractivity (Wildman–Crippen MR) is 85.4 cm³/mol. The zero-order valence-corrected chi connectivity index (χ0v) is 12.0. The van der Waals surface area contributed by atoms with Gasteiger partial charge < -0.3 is 9.30 Å². The zero-order chi connectivity index (χ0) is 14.1. The third-order valence-electron chi connectivity index (χ3n) is 4.16. The van der Waals surface area contributed by atoms with Gasteiger partial charge in [-0.2, -0.15) is 0 Å². The molecule has 0 N–H and O–H groups in total. The van der Waals surface area contributed by atoms with E-state index < -0.39 is 0 Å². The highest BCUT2D eigenvalue weighted by Gasteiger charge is 2.22. The van der Waals surface area contributed by atoms with E-state index in [4.69, 9.17) is 4.74 Å². The Hall–Kier alpha value is -2.22. The van der Waals surface area contributed by atoms with Crippen LogP contribution in [-0.2, 0) is 13.2 Å². The Labute approximate surface area is 125 Å². The van der Waals surface area contributed by atoms with Gasteiger partial charge in [0.2, 0.25) is 0 Å². The smallest absolute Gasteiger partial charge is 0.129 e. The highest BCUT2D eigenvalue weighted by atomic mass is 16.5. The Kier molecular flexibility index (Phi) is 3.15. The fourth-order valence-electron chi connectivity index (χ4n) is 2.79. The fourth-order valence-corrected chi connectivity index (χ4v) is 2.79. The summed E-state index contributed by atoms with van der Waals surface area (Å²) >= 11 is 0. The van der Waals surface area contributed by atoms with Gasteiger partial charge in [0.25, 0.3) is 0 Å². The molecule has 1 saturated carbocycles. The second-order valence-corrected chi connectivity index (χ2v) is 5.87. The van der Waals surface area contributed by atoms with Gasteiger partial charge >= 0.3 is 0 Å². The van der Waals surface area contributed by atoms with Crippen molar-refractivity contribution >= 4 is 10.9 Å². The van der Waals surface area contributed by atoms with Crippen LogP contribution in [0, 0.1) is 5.92 Å². The molecule has 21 heavy (non-hydrogen) atoms. The molecule has 1 fully saturated rings. The van der Waals surface area contributed by atoms with Gasteiger partial charge in [0.1, 0.15) is 12.4 Å². The van der Waals surface area contributed by atoms with E-state index in [0.717, 1.165) is 18.2 Å². The number of rotatable bonds is 5. The van der Waals surface area contributed by atoms with Crippen molar-refractivity contribution < 1.29 is 4.74 Å². The van der Waals surface area contributed by atoms with Crippen molar-refractivity contribution in [2.24, 2.45) is 5.92 Å². The molecule has 2 nitrogen and oxygen atoms in total. The largest absolute Gasteiger partial charge is 0.488 e. The highest BCUT2D eigenvalue weighted by molar-refractivity contribution is 5.86. The lowest BCUT2D eigenvalue weighted by molar-refractivity contribution is 0.310. The van der Waals surface area contributed by atoms with E-state index in [1.165, 1.54) is 29.3 Å². The quantitative estimate of drug-likeness (QED) is 0.663. The number of fused-ring (bicyclic) bond motifs is 1. The Morgan fingerprint density at radius 3 is 2.62 bits per heavy atom. The Morgan fingerprint density at radius 1 is 0.952 bits per heavy atom. The van der Waals surface area contributed by atoms with Crippen LogP contribution in [0.3, 0.4) is 0 Å². The minimum atomic E-state index is 0.619. The predicted octanol–water partition coefficient (Wildman–Crippen LogP) is 4.63. The third kappa shape index (κ3) is 2.66. The monoisotopic (exact) mass is 277 g/mol. The van der Waals surface area contributed by atoms with Crippen LogP contribution < -0.4 is 4.74 Å². The number of ether oxygens (including phenoxy) is 1. The van der Waals surface area contributed by atoms with Gasteiger partial charge in [0.15, 0.2) is 0 Å². The summed E-state index contributed by atoms with van der Waals surface area (Å²) in [5.41, 5.74) is 2.49. The molecule has 0 bridgehead atoms. The van der Waals surface area contributed by atoms with E-state index in [0.29, 0.717) is 6.61 Å². The van der Waals surface area contributed by atoms with E-state index >= 15 is 0 Å². The minimum absolute atomic E-state index is 0.619. The second-order valence-electron chi connectivity index (χ2n) is 5.87. The molecule has 2 aromatic carbocycles. The van der Waals surface area contributed by atoms with Crippen LogP contribution in [0.4, 0.5) is 0 Å². The average Bonchev–Trinajstić information content (AvgIpc) is 3.26. The van der Waals surface area contributed by atoms with E-state index in [1.807, 2.05) is 18.2 Å². The van der Waals surface area contributed by atoms with Gasteiger partial charge in [-0.1, -0.05) is 36.4 Å². The van der Waals surface area contributed by atoms with Crippen LogP contribution in [0.2, 0.25) is 0 Å². The molecule has 106 valence electrons. The molecule has 0 saturated heterocycles. The van der Waals surface area contributed by atoms with E-state index in [9.17, 15) is 0 Å². The van der Waals surface area contributed by atoms with Crippen LogP contribution in [-0.4, -0.2) is 4.57 Å². The SMILES string of the molecule is c1ccc(COc2cccc3c2ccn3CC2CC2)cc1. The number of hydrogen-bond acceptors (Lipinski definition) is 1. The van der Waals surface area contributed by atoms with Crippen molar-refractivity contribution in [3.05, 3.63) is 66.4 Å². The first-order valence-corrected chi connectivity index (χ1v) is 7.65. The molecular weight excluding hydrogens is 258 g/mol. The molecule has 1 heterocycles. The molecule has 1 aliphatic rings. The van der Waals surface area contributed by atoms with Crippen LogP contribution in [0.25, 0.3) is 10.9 Å². The molecule has 3 aromatic rings. The normalized spacial score (nSPS) is 14.5. The van der Waals surface area contributed by atoms with Gasteiger partial charge in [-0.3, -0.25) is 0 Å². The van der Waals surface area contributed by atoms with Crippen molar-refractivity contribution in [2.45, 2.75) is 26.0 Å². The number of nitrogens with zero attached hydrogens (tertiary/aromatic N) is 1. The Morgan fingerprint density at radius 2 is 1.81 bits per heavy atom. The van der Waals surface area contributed by atoms with E-state index in [2.05, 4.69) is 47.2 Å². The van der Waals surface area contributed by atoms with E-state index in [-0.39, 0.29) is 0 Å². The lowest BCUT2D eigenvalue weighted by atomic mass is 10.2. The van der Waals surface area contributed by atoms with Crippen LogP contribution in [0.5, 0.6) is 5.75 Å². The summed E-state index contributed by atoms with van der Waals surface area (Å²) < 4.78 is 8.39. The minimum Gasteiger partial charge on any atom is -0.488 e. The van der Waals surface area contributed by atoms with E-state index in [1.54, 1.807) is 0 Å². The first kappa shape index (κ1) is 12.5. The first-order chi connectivity index (χ1) is 10.4. The maximum Gasteiger partial charge on any atom is 0.129 e. The molecular formula is C19H19NO. The molecule has 2 heteroatoms. The average molecular weight is 277 g/mol. The van der Waals surface area contributed by atoms with Crippen molar-refractivity contribution in [2.75, 3.05) is 0 Å². The zero-order valence-electron chi connectivity index (χ0n) is 12.0. The molecule has 0 spiro atoms. The van der Waals surface area contributed by atoms with Crippen LogP contribution >= 0.6 is 0 Å². The van der Waals surface area contributed by atoms with Gasteiger partial charge in [-0.15, -0.1) is 0 Å². The molecule has 0 radical (unpaired) electrons. The third-order valence-corrected chi connectivity index (χ3v) is 4.16. The van der Waals surface area contributed by atoms with Crippen molar-refractivity contribution in [1.82, 2.24) is 4.57 Å². The molecule has 4 rings (SSSR count). The molecule has 0 aliphatic heterocycles. The molecule has 0 atom stereocenters. The fraction of sp³-hybridized carbons (Fsp3) is 0.263. The number of benzene rings is 2. The van der Waals surface area contributed by atoms with Gasteiger partial charge in [0, 0.05) is 18.1 Å². The second kappa shape index (κ2) is 5.28. The Balaban J connectivity index is 1.58. The maximum absolute atomic E-state index is 6.03. The first-order valence-electron chi connectivity index (χ1n) is 7.65. The topological polar surface area (TPSA) is 14.2 Å². The van der Waals surface area contributed by atoms with Crippen LogP contribution in [0.1, 0.15) is 18.4 Å². The standard InChI is InChI=1S/C19H19NO/c1-2-5-16(6-3-1)14-21-19-8-4-7-18-17(19)11-12-20(18)13-15-9-10-15/h1-8,11-12,15H,9-10,13-14H2. The summed E-state index contributed by atoms with van der Waals surface area (Å²) in [5, 5.41) is 1.22. The number of aromatic nitrogens is 1. The van der Waals surface area contributed by atoms with Crippen molar-refractivity contribution in [3.8, 4) is 5.75 Å². The number of hydrogen-bond donors (Lipinski definition) is 0. The summed E-state index contributed by atoms with van der Waals surface area (Å²) in [7, 11) is 0. The lowest BCUT2D eigenvalue weighted by Crippen LogP contribution is -1.98. The summed E-state index contributed by atoms with van der Waals surface area (Å²) in [6.07, 6.45) is 4.95. The lowest BCUT2D eigenvalue weighted by Gasteiger charge is -2.09. The molecule has 1 aromatic heterocycles. The summed E-state index contributed by atoms with van der Waals surface area (Å²) in [4.78, 5) is 0. The Bertz CT molecular complexity index is 741.